The zero-order valence-corrected chi connectivity index (χ0v) is 18.3. The van der Waals surface area contributed by atoms with Crippen molar-refractivity contribution in [3.63, 3.8) is 0 Å². The van der Waals surface area contributed by atoms with Crippen LogP contribution in [0.25, 0.3) is 0 Å². The van der Waals surface area contributed by atoms with Gasteiger partial charge in [-0.15, -0.1) is 0 Å². The minimum Gasteiger partial charge on any atom is -1.00 e. The number of hydrogen-bond acceptors (Lipinski definition) is 5. The zero-order chi connectivity index (χ0) is 21.2. The quantitative estimate of drug-likeness (QED) is 0.405. The van der Waals surface area contributed by atoms with E-state index in [0.717, 1.165) is 35.6 Å². The van der Waals surface area contributed by atoms with Gasteiger partial charge >= 0.3 is 0 Å². The molecule has 0 aliphatic heterocycles. The first kappa shape index (κ1) is 24.9. The summed E-state index contributed by atoms with van der Waals surface area (Å²) in [6.45, 7) is 8.50. The van der Waals surface area contributed by atoms with Gasteiger partial charge in [-0.1, -0.05) is 12.1 Å². The van der Waals surface area contributed by atoms with Gasteiger partial charge in [0.25, 0.3) is 5.91 Å². The molecule has 0 radical (unpaired) electrons. The maximum atomic E-state index is 12.3. The number of nitriles is 1. The van der Waals surface area contributed by atoms with Crippen LogP contribution in [0, 0.1) is 18.3 Å². The Morgan fingerprint density at radius 1 is 1.17 bits per heavy atom. The summed E-state index contributed by atoms with van der Waals surface area (Å²) in [5, 5.41) is 24.4. The van der Waals surface area contributed by atoms with Gasteiger partial charge < -0.3 is 33.0 Å². The zero-order valence-electron chi connectivity index (χ0n) is 17.6. The molecule has 0 saturated heterocycles. The summed E-state index contributed by atoms with van der Waals surface area (Å²) in [5.74, 6) is -0.213. The highest BCUT2D eigenvalue weighted by Gasteiger charge is 2.09. The molecular formula is C23H28ClN4O2-. The van der Waals surface area contributed by atoms with Gasteiger partial charge in [0.1, 0.15) is 17.4 Å². The SMILES string of the molecule is CCN(CC)c1ccc(N/C=C(/C#N)C(=O)NCCc2ccc(O)cc2)c(C)c1.[Cl-]. The summed E-state index contributed by atoms with van der Waals surface area (Å²) in [5.41, 5.74) is 4.05. The van der Waals surface area contributed by atoms with E-state index in [1.54, 1.807) is 24.3 Å². The standard InChI is InChI=1S/C23H28N4O2.ClH/c1-4-27(5-2)20-8-11-22(17(3)14-20)26-16-19(15-24)23(29)25-13-12-18-6-9-21(28)10-7-18;/h6-11,14,16,26,28H,4-5,12-13H2,1-3H3,(H,25,29);1H/p-1/b19-16-;. The number of halogens is 1. The molecule has 2 rings (SSSR count). The van der Waals surface area contributed by atoms with E-state index in [-0.39, 0.29) is 23.7 Å². The second kappa shape index (κ2) is 12.4. The molecule has 0 spiro atoms. The van der Waals surface area contributed by atoms with Crippen molar-refractivity contribution in [1.29, 1.82) is 5.26 Å². The summed E-state index contributed by atoms with van der Waals surface area (Å²) < 4.78 is 0. The van der Waals surface area contributed by atoms with Gasteiger partial charge in [0, 0.05) is 37.2 Å². The second-order valence-electron chi connectivity index (χ2n) is 6.66. The van der Waals surface area contributed by atoms with Crippen LogP contribution in [-0.2, 0) is 11.2 Å². The van der Waals surface area contributed by atoms with E-state index in [1.165, 1.54) is 6.20 Å². The second-order valence-corrected chi connectivity index (χ2v) is 6.66. The predicted molar refractivity (Wildman–Crippen MR) is 117 cm³/mol. The Morgan fingerprint density at radius 2 is 1.83 bits per heavy atom. The van der Waals surface area contributed by atoms with E-state index in [9.17, 15) is 15.2 Å². The number of rotatable bonds is 9. The summed E-state index contributed by atoms with van der Waals surface area (Å²) in [4.78, 5) is 14.5. The average Bonchev–Trinajstić information content (AvgIpc) is 2.72. The number of benzene rings is 2. The van der Waals surface area contributed by atoms with Crippen molar-refractivity contribution in [2.75, 3.05) is 29.9 Å². The maximum absolute atomic E-state index is 12.3. The van der Waals surface area contributed by atoms with E-state index >= 15 is 0 Å². The smallest absolute Gasteiger partial charge is 0.263 e. The van der Waals surface area contributed by atoms with Gasteiger partial charge in [0.05, 0.1) is 0 Å². The van der Waals surface area contributed by atoms with Crippen LogP contribution < -0.4 is 27.9 Å². The fourth-order valence-corrected chi connectivity index (χ4v) is 2.97. The summed E-state index contributed by atoms with van der Waals surface area (Å²) in [6.07, 6.45) is 2.05. The minimum absolute atomic E-state index is 0. The van der Waals surface area contributed by atoms with Crippen molar-refractivity contribution >= 4 is 17.3 Å². The first-order chi connectivity index (χ1) is 14.0. The number of amides is 1. The Bertz CT molecular complexity index is 900. The normalized spacial score (nSPS) is 10.5. The predicted octanol–water partition coefficient (Wildman–Crippen LogP) is 0.729. The molecule has 3 N–H and O–H groups in total. The van der Waals surface area contributed by atoms with Gasteiger partial charge in [0.15, 0.2) is 0 Å². The molecule has 0 bridgehead atoms. The third kappa shape index (κ3) is 7.02. The van der Waals surface area contributed by atoms with Crippen molar-refractivity contribution in [1.82, 2.24) is 5.32 Å². The average molecular weight is 428 g/mol. The van der Waals surface area contributed by atoms with Crippen molar-refractivity contribution in [3.8, 4) is 11.8 Å². The third-order valence-corrected chi connectivity index (χ3v) is 4.71. The Hall–Kier alpha value is -3.17. The highest BCUT2D eigenvalue weighted by atomic mass is 35.5. The highest BCUT2D eigenvalue weighted by molar-refractivity contribution is 5.97. The minimum atomic E-state index is -0.420. The molecule has 2 aromatic rings. The Labute approximate surface area is 184 Å². The molecule has 0 unspecified atom stereocenters. The van der Waals surface area contributed by atoms with Crippen molar-refractivity contribution in [2.45, 2.75) is 27.2 Å². The molecular weight excluding hydrogens is 400 g/mol. The van der Waals surface area contributed by atoms with Crippen LogP contribution in [0.15, 0.2) is 54.2 Å². The molecule has 0 fully saturated rings. The Balaban J connectivity index is 0.00000450. The van der Waals surface area contributed by atoms with Crippen LogP contribution in [0.3, 0.4) is 0 Å². The van der Waals surface area contributed by atoms with Gasteiger partial charge in [-0.3, -0.25) is 4.79 Å². The lowest BCUT2D eigenvalue weighted by Gasteiger charge is -2.22. The topological polar surface area (TPSA) is 88.4 Å². The molecule has 1 amide bonds. The monoisotopic (exact) mass is 427 g/mol. The molecule has 0 aliphatic carbocycles. The maximum Gasteiger partial charge on any atom is 0.263 e. The number of phenols is 1. The lowest BCUT2D eigenvalue weighted by atomic mass is 10.1. The van der Waals surface area contributed by atoms with Gasteiger partial charge in [-0.05, 0) is 68.7 Å². The molecule has 0 saturated carbocycles. The molecule has 7 heteroatoms. The fourth-order valence-electron chi connectivity index (χ4n) is 2.97. The molecule has 0 atom stereocenters. The van der Waals surface area contributed by atoms with Crippen molar-refractivity contribution in [3.05, 3.63) is 65.4 Å². The first-order valence-electron chi connectivity index (χ1n) is 9.77. The number of anilines is 2. The van der Waals surface area contributed by atoms with Crippen LogP contribution in [0.1, 0.15) is 25.0 Å². The van der Waals surface area contributed by atoms with E-state index in [2.05, 4.69) is 35.4 Å². The lowest BCUT2D eigenvalue weighted by Crippen LogP contribution is -3.00. The fraction of sp³-hybridized carbons (Fsp3) is 0.304. The molecule has 6 nitrogen and oxygen atoms in total. The Kier molecular flexibility index (Phi) is 10.3. The molecule has 30 heavy (non-hydrogen) atoms. The largest absolute Gasteiger partial charge is 1.00 e. The Morgan fingerprint density at radius 3 is 2.40 bits per heavy atom. The van der Waals surface area contributed by atoms with E-state index in [1.807, 2.05) is 25.1 Å². The lowest BCUT2D eigenvalue weighted by molar-refractivity contribution is -0.117. The highest BCUT2D eigenvalue weighted by Crippen LogP contribution is 2.22. The van der Waals surface area contributed by atoms with Gasteiger partial charge in [-0.2, -0.15) is 5.26 Å². The number of aromatic hydroxyl groups is 1. The molecule has 0 heterocycles. The molecule has 160 valence electrons. The number of nitrogens with one attached hydrogen (secondary N) is 2. The van der Waals surface area contributed by atoms with Crippen LogP contribution in [0.2, 0.25) is 0 Å². The van der Waals surface area contributed by atoms with E-state index in [0.29, 0.717) is 13.0 Å². The summed E-state index contributed by atoms with van der Waals surface area (Å²) in [6, 6.07) is 14.8. The van der Waals surface area contributed by atoms with Crippen LogP contribution in [-0.4, -0.2) is 30.6 Å². The molecule has 2 aromatic carbocycles. The van der Waals surface area contributed by atoms with Crippen LogP contribution >= 0.6 is 0 Å². The molecule has 0 aliphatic rings. The molecule has 0 aromatic heterocycles. The van der Waals surface area contributed by atoms with Gasteiger partial charge in [-0.25, -0.2) is 0 Å². The summed E-state index contributed by atoms with van der Waals surface area (Å²) in [7, 11) is 0. The number of hydrogen-bond donors (Lipinski definition) is 3. The number of nitrogens with zero attached hydrogens (tertiary/aromatic N) is 2. The van der Waals surface area contributed by atoms with Crippen molar-refractivity contribution < 1.29 is 22.3 Å². The van der Waals surface area contributed by atoms with E-state index < -0.39 is 5.91 Å². The summed E-state index contributed by atoms with van der Waals surface area (Å²) >= 11 is 0. The number of carbonyl (C=O) groups is 1. The van der Waals surface area contributed by atoms with E-state index in [4.69, 9.17) is 0 Å². The van der Waals surface area contributed by atoms with Crippen LogP contribution in [0.4, 0.5) is 11.4 Å². The number of aryl methyl sites for hydroxylation is 1. The third-order valence-electron chi connectivity index (χ3n) is 4.71. The van der Waals surface area contributed by atoms with Crippen molar-refractivity contribution in [2.24, 2.45) is 0 Å². The first-order valence-corrected chi connectivity index (χ1v) is 9.77. The number of carbonyl (C=O) groups excluding carboxylic acids is 1. The van der Waals surface area contributed by atoms with Gasteiger partial charge in [0.2, 0.25) is 0 Å². The number of phenolic OH excluding ortho intramolecular Hbond substituents is 1. The van der Waals surface area contributed by atoms with Crippen LogP contribution in [0.5, 0.6) is 5.75 Å².